The summed E-state index contributed by atoms with van der Waals surface area (Å²) in [6, 6.07) is 21.7. The van der Waals surface area contributed by atoms with Gasteiger partial charge in [-0.2, -0.15) is 0 Å². The first kappa shape index (κ1) is 18.6. The molecule has 4 rings (SSSR count). The van der Waals surface area contributed by atoms with Gasteiger partial charge in [0.05, 0.1) is 12.9 Å². The molecule has 0 aromatic heterocycles. The van der Waals surface area contributed by atoms with E-state index in [2.05, 4.69) is 24.3 Å². The van der Waals surface area contributed by atoms with Crippen molar-refractivity contribution < 1.29 is 14.3 Å². The zero-order valence-electron chi connectivity index (χ0n) is 15.6. The van der Waals surface area contributed by atoms with Crippen molar-refractivity contribution in [3.63, 3.8) is 0 Å². The van der Waals surface area contributed by atoms with Gasteiger partial charge in [-0.15, -0.1) is 11.8 Å². The molecular formula is C23H21NO3S. The minimum atomic E-state index is -0.565. The van der Waals surface area contributed by atoms with Gasteiger partial charge in [-0.25, -0.2) is 4.79 Å². The Balaban J connectivity index is 1.50. The molecule has 0 bridgehead atoms. The Morgan fingerprint density at radius 3 is 2.50 bits per heavy atom. The smallest absolute Gasteiger partial charge is 0.328 e. The molecule has 0 unspecified atom stereocenters. The van der Waals surface area contributed by atoms with E-state index in [1.165, 1.54) is 24.3 Å². The monoisotopic (exact) mass is 391 g/mol. The number of hydrogen-bond acceptors (Lipinski definition) is 4. The second kappa shape index (κ2) is 8.07. The van der Waals surface area contributed by atoms with E-state index in [0.29, 0.717) is 13.0 Å². The number of esters is 1. The average Bonchev–Trinajstić information content (AvgIpc) is 2.75. The van der Waals surface area contributed by atoms with Crippen LogP contribution in [0.25, 0.3) is 10.8 Å². The molecule has 5 heteroatoms. The lowest BCUT2D eigenvalue weighted by Crippen LogP contribution is -2.49. The highest BCUT2D eigenvalue weighted by Crippen LogP contribution is 2.27. The van der Waals surface area contributed by atoms with Gasteiger partial charge in [-0.05, 0) is 34.0 Å². The number of carbonyl (C=O) groups excluding carboxylic acids is 2. The average molecular weight is 391 g/mol. The second-order valence-electron chi connectivity index (χ2n) is 6.83. The molecule has 1 amide bonds. The maximum Gasteiger partial charge on any atom is 0.328 e. The summed E-state index contributed by atoms with van der Waals surface area (Å²) in [5, 5.41) is 2.33. The fourth-order valence-corrected chi connectivity index (χ4v) is 4.45. The molecule has 4 nitrogen and oxygen atoms in total. The van der Waals surface area contributed by atoms with Crippen LogP contribution in [0.15, 0.2) is 71.6 Å². The molecule has 142 valence electrons. The molecule has 1 aliphatic rings. The van der Waals surface area contributed by atoms with E-state index in [1.54, 1.807) is 4.90 Å². The van der Waals surface area contributed by atoms with E-state index < -0.39 is 6.04 Å². The summed E-state index contributed by atoms with van der Waals surface area (Å²) in [5.41, 5.74) is 2.19. The van der Waals surface area contributed by atoms with Crippen molar-refractivity contribution in [2.45, 2.75) is 23.9 Å². The third-order valence-corrected chi connectivity index (χ3v) is 6.10. The molecule has 1 aliphatic heterocycles. The fraction of sp³-hybridized carbons (Fsp3) is 0.217. The lowest BCUT2D eigenvalue weighted by Gasteiger charge is -2.35. The number of thioether (sulfide) groups is 1. The molecule has 0 saturated heterocycles. The van der Waals surface area contributed by atoms with Gasteiger partial charge in [0, 0.05) is 17.9 Å². The van der Waals surface area contributed by atoms with Crippen LogP contribution in [0.1, 0.15) is 11.1 Å². The van der Waals surface area contributed by atoms with Crippen LogP contribution >= 0.6 is 11.8 Å². The second-order valence-corrected chi connectivity index (χ2v) is 7.88. The topological polar surface area (TPSA) is 46.6 Å². The first-order valence-electron chi connectivity index (χ1n) is 9.21. The van der Waals surface area contributed by atoms with E-state index in [-0.39, 0.29) is 17.6 Å². The van der Waals surface area contributed by atoms with Gasteiger partial charge in [0.1, 0.15) is 6.04 Å². The van der Waals surface area contributed by atoms with E-state index in [0.717, 1.165) is 21.4 Å². The highest BCUT2D eigenvalue weighted by Gasteiger charge is 2.35. The summed E-state index contributed by atoms with van der Waals surface area (Å²) < 4.78 is 4.96. The van der Waals surface area contributed by atoms with Crippen molar-refractivity contribution in [1.82, 2.24) is 4.90 Å². The molecule has 0 fully saturated rings. The van der Waals surface area contributed by atoms with Crippen molar-refractivity contribution in [3.8, 4) is 0 Å². The summed E-state index contributed by atoms with van der Waals surface area (Å²) in [6.45, 7) is 0.438. The molecule has 3 aromatic rings. The van der Waals surface area contributed by atoms with Crippen molar-refractivity contribution in [2.24, 2.45) is 0 Å². The Morgan fingerprint density at radius 1 is 1.00 bits per heavy atom. The largest absolute Gasteiger partial charge is 0.467 e. The number of hydrogen-bond donors (Lipinski definition) is 0. The van der Waals surface area contributed by atoms with Gasteiger partial charge in [0.2, 0.25) is 5.91 Å². The number of benzene rings is 3. The predicted octanol–water partition coefficient (Wildman–Crippen LogP) is 4.06. The quantitative estimate of drug-likeness (QED) is 0.497. The van der Waals surface area contributed by atoms with Crippen molar-refractivity contribution >= 4 is 34.4 Å². The molecule has 28 heavy (non-hydrogen) atoms. The van der Waals surface area contributed by atoms with Gasteiger partial charge in [0.15, 0.2) is 0 Å². The number of amides is 1. The first-order chi connectivity index (χ1) is 13.7. The van der Waals surface area contributed by atoms with Crippen LogP contribution < -0.4 is 0 Å². The van der Waals surface area contributed by atoms with Gasteiger partial charge in [-0.1, -0.05) is 54.6 Å². The van der Waals surface area contributed by atoms with Crippen molar-refractivity contribution in [3.05, 3.63) is 77.9 Å². The standard InChI is InChI=1S/C23H21NO3S/c1-27-23(26)21-13-18-8-4-5-9-19(18)14-24(21)22(25)15-28-20-11-10-16-6-2-3-7-17(16)12-20/h2-12,21H,13-15H2,1H3/t21-/m1/s1. The number of carbonyl (C=O) groups is 2. The van der Waals surface area contributed by atoms with Crippen LogP contribution in [0.4, 0.5) is 0 Å². The Kier molecular flexibility index (Phi) is 5.35. The van der Waals surface area contributed by atoms with Gasteiger partial charge < -0.3 is 9.64 Å². The predicted molar refractivity (Wildman–Crippen MR) is 111 cm³/mol. The molecule has 3 aromatic carbocycles. The van der Waals surface area contributed by atoms with Crippen LogP contribution in [-0.4, -0.2) is 35.7 Å². The van der Waals surface area contributed by atoms with Crippen molar-refractivity contribution in [1.29, 1.82) is 0 Å². The van der Waals surface area contributed by atoms with Gasteiger partial charge in [0.25, 0.3) is 0 Å². The molecule has 1 heterocycles. The van der Waals surface area contributed by atoms with Crippen LogP contribution in [0.5, 0.6) is 0 Å². The number of nitrogens with zero attached hydrogens (tertiary/aromatic N) is 1. The number of ether oxygens (including phenoxy) is 1. The van der Waals surface area contributed by atoms with E-state index in [1.807, 2.05) is 42.5 Å². The summed E-state index contributed by atoms with van der Waals surface area (Å²) in [6.07, 6.45) is 0.495. The third-order valence-electron chi connectivity index (χ3n) is 5.13. The minimum Gasteiger partial charge on any atom is -0.467 e. The van der Waals surface area contributed by atoms with Crippen molar-refractivity contribution in [2.75, 3.05) is 12.9 Å². The van der Waals surface area contributed by atoms with Gasteiger partial charge >= 0.3 is 5.97 Å². The lowest BCUT2D eigenvalue weighted by molar-refractivity contribution is -0.153. The normalized spacial score (nSPS) is 15.9. The summed E-state index contributed by atoms with van der Waals surface area (Å²) in [4.78, 5) is 28.0. The van der Waals surface area contributed by atoms with Crippen LogP contribution in [0.3, 0.4) is 0 Å². The molecule has 0 spiro atoms. The Hall–Kier alpha value is -2.79. The molecule has 0 radical (unpaired) electrons. The van der Waals surface area contributed by atoms with E-state index in [9.17, 15) is 9.59 Å². The first-order valence-corrected chi connectivity index (χ1v) is 10.2. The maximum absolute atomic E-state index is 13.0. The highest BCUT2D eigenvalue weighted by molar-refractivity contribution is 8.00. The minimum absolute atomic E-state index is 0.0527. The van der Waals surface area contributed by atoms with Crippen LogP contribution in [0, 0.1) is 0 Å². The zero-order chi connectivity index (χ0) is 19.5. The van der Waals surface area contributed by atoms with E-state index >= 15 is 0 Å². The Bertz CT molecular complexity index is 1030. The number of methoxy groups -OCH3 is 1. The van der Waals surface area contributed by atoms with Gasteiger partial charge in [-0.3, -0.25) is 4.79 Å². The molecule has 1 atom stereocenters. The Morgan fingerprint density at radius 2 is 1.71 bits per heavy atom. The number of fused-ring (bicyclic) bond motifs is 2. The summed E-state index contributed by atoms with van der Waals surface area (Å²) >= 11 is 1.50. The molecule has 0 N–H and O–H groups in total. The highest BCUT2D eigenvalue weighted by atomic mass is 32.2. The fourth-order valence-electron chi connectivity index (χ4n) is 3.62. The molecule has 0 saturated carbocycles. The Labute approximate surface area is 168 Å². The molecule has 0 aliphatic carbocycles. The zero-order valence-corrected chi connectivity index (χ0v) is 16.4. The summed E-state index contributed by atoms with van der Waals surface area (Å²) in [5.74, 6) is -0.129. The summed E-state index contributed by atoms with van der Waals surface area (Å²) in [7, 11) is 1.37. The van der Waals surface area contributed by atoms with Crippen LogP contribution in [-0.2, 0) is 27.3 Å². The third kappa shape index (κ3) is 3.76. The SMILES string of the molecule is COC(=O)[C@H]1Cc2ccccc2CN1C(=O)CSc1ccc2ccccc2c1. The van der Waals surface area contributed by atoms with Crippen LogP contribution in [0.2, 0.25) is 0 Å². The molecular weight excluding hydrogens is 370 g/mol. The van der Waals surface area contributed by atoms with E-state index in [4.69, 9.17) is 4.74 Å². The maximum atomic E-state index is 13.0. The number of rotatable bonds is 4. The lowest BCUT2D eigenvalue weighted by atomic mass is 9.94.